The predicted molar refractivity (Wildman–Crippen MR) is 66.0 cm³/mol. The first-order valence-electron chi connectivity index (χ1n) is 6.02. The maximum absolute atomic E-state index is 11.9. The lowest BCUT2D eigenvalue weighted by atomic mass is 10.2. The maximum Gasteiger partial charge on any atom is 0.255 e. The molecule has 1 atom stereocenters. The first kappa shape index (κ1) is 12.4. The molecule has 94 valence electrons. The van der Waals surface area contributed by atoms with E-state index in [0.717, 1.165) is 12.8 Å². The van der Waals surface area contributed by atoms with E-state index in [1.165, 1.54) is 24.2 Å². The van der Waals surface area contributed by atoms with E-state index in [0.29, 0.717) is 11.6 Å². The minimum absolute atomic E-state index is 0.115. The van der Waals surface area contributed by atoms with E-state index in [9.17, 15) is 4.79 Å². The Morgan fingerprint density at radius 3 is 3.00 bits per heavy atom. The van der Waals surface area contributed by atoms with Crippen LogP contribution < -0.4 is 5.32 Å². The van der Waals surface area contributed by atoms with Gasteiger partial charge in [0.25, 0.3) is 5.91 Å². The molecule has 1 fully saturated rings. The Morgan fingerprint density at radius 1 is 1.65 bits per heavy atom. The molecular formula is C11H17N3O2S. The highest BCUT2D eigenvalue weighted by Crippen LogP contribution is 2.23. The fourth-order valence-electron chi connectivity index (χ4n) is 2.01. The Morgan fingerprint density at radius 2 is 2.41 bits per heavy atom. The van der Waals surface area contributed by atoms with Crippen LogP contribution in [0.1, 0.15) is 39.0 Å². The quantitative estimate of drug-likeness (QED) is 0.876. The number of nitrogens with zero attached hydrogens (tertiary/aromatic N) is 2. The summed E-state index contributed by atoms with van der Waals surface area (Å²) >= 11 is 1.31. The van der Waals surface area contributed by atoms with Gasteiger partial charge in [-0.15, -0.1) is 10.2 Å². The molecule has 0 bridgehead atoms. The second kappa shape index (κ2) is 6.07. The van der Waals surface area contributed by atoms with Crippen LogP contribution >= 0.6 is 11.3 Å². The topological polar surface area (TPSA) is 64.1 Å². The minimum Gasteiger partial charge on any atom is -0.365 e. The molecule has 5 nitrogen and oxygen atoms in total. The molecule has 1 N–H and O–H groups in total. The normalized spacial score (nSPS) is 18.2. The van der Waals surface area contributed by atoms with Gasteiger partial charge in [-0.25, -0.2) is 0 Å². The van der Waals surface area contributed by atoms with Crippen molar-refractivity contribution in [2.45, 2.75) is 51.2 Å². The second-order valence-electron chi connectivity index (χ2n) is 4.17. The van der Waals surface area contributed by atoms with Gasteiger partial charge in [0.05, 0.1) is 6.10 Å². The number of hydrogen-bond donors (Lipinski definition) is 1. The van der Waals surface area contributed by atoms with Crippen molar-refractivity contribution in [2.24, 2.45) is 0 Å². The second-order valence-corrected chi connectivity index (χ2v) is 5.01. The molecule has 0 aromatic carbocycles. The summed E-state index contributed by atoms with van der Waals surface area (Å²) in [6, 6.07) is 0. The number of anilines is 1. The number of ether oxygens (including phenoxy) is 1. The maximum atomic E-state index is 11.9. The van der Waals surface area contributed by atoms with Crippen LogP contribution in [0, 0.1) is 0 Å². The molecule has 1 aliphatic carbocycles. The van der Waals surface area contributed by atoms with E-state index in [1.54, 1.807) is 5.51 Å². The highest BCUT2D eigenvalue weighted by Gasteiger charge is 2.24. The molecule has 1 saturated carbocycles. The van der Waals surface area contributed by atoms with Gasteiger partial charge in [-0.05, 0) is 19.3 Å². The average molecular weight is 255 g/mol. The van der Waals surface area contributed by atoms with Gasteiger partial charge in [0.1, 0.15) is 11.6 Å². The largest absolute Gasteiger partial charge is 0.365 e. The number of carbonyl (C=O) groups excluding carboxylic acids is 1. The average Bonchev–Trinajstić information content (AvgIpc) is 2.97. The lowest BCUT2D eigenvalue weighted by Gasteiger charge is -2.19. The fraction of sp³-hybridized carbons (Fsp3) is 0.727. The molecule has 0 unspecified atom stereocenters. The Hall–Kier alpha value is -1.01. The third kappa shape index (κ3) is 3.47. The van der Waals surface area contributed by atoms with Gasteiger partial charge < -0.3 is 4.74 Å². The monoisotopic (exact) mass is 255 g/mol. The molecular weight excluding hydrogens is 238 g/mol. The number of amides is 1. The zero-order valence-corrected chi connectivity index (χ0v) is 10.7. The number of hydrogen-bond acceptors (Lipinski definition) is 5. The predicted octanol–water partition coefficient (Wildman–Crippen LogP) is 2.21. The SMILES string of the molecule is CC[C@H](OC1CCCC1)C(=O)Nc1nncs1. The van der Waals surface area contributed by atoms with Crippen molar-refractivity contribution in [1.82, 2.24) is 10.2 Å². The van der Waals surface area contributed by atoms with Crippen LogP contribution in [0.3, 0.4) is 0 Å². The van der Waals surface area contributed by atoms with Crippen molar-refractivity contribution >= 4 is 22.4 Å². The Bertz CT molecular complexity index is 350. The van der Waals surface area contributed by atoms with Crippen molar-refractivity contribution in [3.8, 4) is 0 Å². The number of nitrogens with one attached hydrogen (secondary N) is 1. The van der Waals surface area contributed by atoms with Crippen LogP contribution in [0.5, 0.6) is 0 Å². The highest BCUT2D eigenvalue weighted by atomic mass is 32.1. The molecule has 1 amide bonds. The molecule has 1 heterocycles. The van der Waals surface area contributed by atoms with Crippen LogP contribution in [0.2, 0.25) is 0 Å². The van der Waals surface area contributed by atoms with Crippen molar-refractivity contribution in [3.05, 3.63) is 5.51 Å². The number of rotatable bonds is 5. The highest BCUT2D eigenvalue weighted by molar-refractivity contribution is 7.13. The third-order valence-corrected chi connectivity index (χ3v) is 3.52. The van der Waals surface area contributed by atoms with Gasteiger partial charge in [0.15, 0.2) is 0 Å². The molecule has 0 spiro atoms. The van der Waals surface area contributed by atoms with Crippen LogP contribution in [-0.4, -0.2) is 28.3 Å². The van der Waals surface area contributed by atoms with Crippen LogP contribution in [0.4, 0.5) is 5.13 Å². The van der Waals surface area contributed by atoms with Crippen molar-refractivity contribution in [2.75, 3.05) is 5.32 Å². The number of carbonyl (C=O) groups is 1. The summed E-state index contributed by atoms with van der Waals surface area (Å²) in [7, 11) is 0. The van der Waals surface area contributed by atoms with E-state index in [-0.39, 0.29) is 18.1 Å². The summed E-state index contributed by atoms with van der Waals surface area (Å²) < 4.78 is 5.82. The number of aromatic nitrogens is 2. The first-order chi connectivity index (χ1) is 8.29. The molecule has 0 radical (unpaired) electrons. The van der Waals surface area contributed by atoms with E-state index < -0.39 is 0 Å². The Kier molecular flexibility index (Phi) is 4.44. The molecule has 2 rings (SSSR count). The van der Waals surface area contributed by atoms with E-state index in [2.05, 4.69) is 15.5 Å². The van der Waals surface area contributed by atoms with Gasteiger partial charge in [0.2, 0.25) is 5.13 Å². The van der Waals surface area contributed by atoms with E-state index in [4.69, 9.17) is 4.74 Å². The molecule has 0 aliphatic heterocycles. The zero-order valence-electron chi connectivity index (χ0n) is 9.89. The smallest absolute Gasteiger partial charge is 0.255 e. The van der Waals surface area contributed by atoms with E-state index in [1.807, 2.05) is 6.92 Å². The molecule has 1 aliphatic rings. The first-order valence-corrected chi connectivity index (χ1v) is 6.90. The summed E-state index contributed by atoms with van der Waals surface area (Å²) in [6.07, 6.45) is 5.12. The lowest BCUT2D eigenvalue weighted by molar-refractivity contribution is -0.131. The van der Waals surface area contributed by atoms with Gasteiger partial charge in [-0.2, -0.15) is 0 Å². The zero-order chi connectivity index (χ0) is 12.1. The van der Waals surface area contributed by atoms with Crippen molar-refractivity contribution in [1.29, 1.82) is 0 Å². The van der Waals surface area contributed by atoms with Crippen LogP contribution in [-0.2, 0) is 9.53 Å². The standard InChI is InChI=1S/C11H17N3O2S/c1-2-9(16-8-5-3-4-6-8)10(15)13-11-14-12-7-17-11/h7-9H,2-6H2,1H3,(H,13,14,15)/t9-/m0/s1. The summed E-state index contributed by atoms with van der Waals surface area (Å²) in [5.41, 5.74) is 1.59. The Balaban J connectivity index is 1.86. The van der Waals surface area contributed by atoms with Gasteiger partial charge in [-0.1, -0.05) is 31.1 Å². The van der Waals surface area contributed by atoms with Crippen molar-refractivity contribution < 1.29 is 9.53 Å². The van der Waals surface area contributed by atoms with Crippen LogP contribution in [0.25, 0.3) is 0 Å². The van der Waals surface area contributed by atoms with E-state index >= 15 is 0 Å². The minimum atomic E-state index is -0.373. The molecule has 1 aromatic heterocycles. The third-order valence-electron chi connectivity index (χ3n) is 2.91. The van der Waals surface area contributed by atoms with Crippen LogP contribution in [0.15, 0.2) is 5.51 Å². The Labute approximate surface area is 105 Å². The summed E-state index contributed by atoms with van der Waals surface area (Å²) in [6.45, 7) is 1.96. The molecule has 0 saturated heterocycles. The molecule has 17 heavy (non-hydrogen) atoms. The lowest BCUT2D eigenvalue weighted by Crippen LogP contribution is -2.32. The van der Waals surface area contributed by atoms with Gasteiger partial charge in [0, 0.05) is 0 Å². The summed E-state index contributed by atoms with van der Waals surface area (Å²) in [4.78, 5) is 11.9. The fourth-order valence-corrected chi connectivity index (χ4v) is 2.46. The van der Waals surface area contributed by atoms with Crippen molar-refractivity contribution in [3.63, 3.8) is 0 Å². The van der Waals surface area contributed by atoms with Gasteiger partial charge >= 0.3 is 0 Å². The summed E-state index contributed by atoms with van der Waals surface area (Å²) in [5, 5.41) is 10.7. The molecule has 6 heteroatoms. The summed E-state index contributed by atoms with van der Waals surface area (Å²) in [5.74, 6) is -0.115. The van der Waals surface area contributed by atoms with Gasteiger partial charge in [-0.3, -0.25) is 10.1 Å². The molecule has 1 aromatic rings.